The number of aromatic nitrogens is 2. The molecule has 3 heterocycles. The molecular weight excluding hydrogens is 507 g/mol. The van der Waals surface area contributed by atoms with E-state index in [0.29, 0.717) is 79.8 Å². The molecule has 1 saturated carbocycles. The number of benzene rings is 2. The van der Waals surface area contributed by atoms with E-state index in [0.717, 1.165) is 10.0 Å². The fourth-order valence-corrected chi connectivity index (χ4v) is 6.18. The lowest BCUT2D eigenvalue weighted by Crippen LogP contribution is -2.43. The van der Waals surface area contributed by atoms with Crippen molar-refractivity contribution in [2.45, 2.75) is 37.8 Å². The Hall–Kier alpha value is -3.62. The molecule has 196 valence electrons. The smallest absolute Gasteiger partial charge is 0.467 e. The molecule has 10 nitrogen and oxygen atoms in total. The molecule has 1 atom stereocenters. The van der Waals surface area contributed by atoms with Gasteiger partial charge in [-0.2, -0.15) is 0 Å². The van der Waals surface area contributed by atoms with E-state index in [4.69, 9.17) is 9.47 Å². The molecule has 11 heteroatoms. The van der Waals surface area contributed by atoms with Gasteiger partial charge in [-0.25, -0.2) is 4.98 Å². The van der Waals surface area contributed by atoms with E-state index in [1.54, 1.807) is 24.3 Å². The Labute approximate surface area is 220 Å². The first-order valence-corrected chi connectivity index (χ1v) is 14.5. The Kier molecular flexibility index (Phi) is 6.45. The van der Waals surface area contributed by atoms with Gasteiger partial charge >= 0.3 is 13.5 Å². The van der Waals surface area contributed by atoms with E-state index in [-0.39, 0.29) is 24.0 Å². The fourth-order valence-electron chi connectivity index (χ4n) is 5.63. The molecule has 2 aromatic carbocycles. The lowest BCUT2D eigenvalue weighted by Gasteiger charge is -2.34. The van der Waals surface area contributed by atoms with Crippen LogP contribution in [0.5, 0.6) is 5.75 Å². The zero-order valence-electron chi connectivity index (χ0n) is 21.0. The van der Waals surface area contributed by atoms with Crippen LogP contribution in [0.4, 0.5) is 5.69 Å². The van der Waals surface area contributed by atoms with Gasteiger partial charge in [-0.1, -0.05) is 16.5 Å². The van der Waals surface area contributed by atoms with E-state index in [1.807, 2.05) is 12.1 Å². The molecule has 2 aliphatic heterocycles. The summed E-state index contributed by atoms with van der Waals surface area (Å²) in [4.78, 5) is 47.1. The number of anilines is 1. The van der Waals surface area contributed by atoms with Crippen LogP contribution in [-0.2, 0) is 9.30 Å². The van der Waals surface area contributed by atoms with Crippen LogP contribution >= 0.6 is 7.95 Å². The molecule has 3 aliphatic rings. The van der Waals surface area contributed by atoms with E-state index in [1.165, 1.54) is 17.9 Å². The number of hydrogen-bond acceptors (Lipinski definition) is 8. The number of carbonyl (C=O) groups is 2. The molecule has 1 saturated heterocycles. The van der Waals surface area contributed by atoms with Gasteiger partial charge in [0.2, 0.25) is 0 Å². The summed E-state index contributed by atoms with van der Waals surface area (Å²) in [6.45, 7) is 4.12. The molecule has 1 aromatic heterocycles. The number of carbonyl (C=O) groups excluding carboxylic acids is 2. The van der Waals surface area contributed by atoms with Crippen LogP contribution in [0.2, 0.25) is 0 Å². The second-order valence-electron chi connectivity index (χ2n) is 9.87. The van der Waals surface area contributed by atoms with Gasteiger partial charge < -0.3 is 14.4 Å². The van der Waals surface area contributed by atoms with E-state index in [9.17, 15) is 18.9 Å². The highest BCUT2D eigenvalue weighted by atomic mass is 31.1. The molecule has 1 aliphatic carbocycles. The van der Waals surface area contributed by atoms with Gasteiger partial charge in [0, 0.05) is 30.9 Å². The third kappa shape index (κ3) is 4.27. The number of nitrogens with zero attached hydrogens (tertiary/aromatic N) is 4. The van der Waals surface area contributed by atoms with Crippen molar-refractivity contribution in [3.05, 3.63) is 64.2 Å². The van der Waals surface area contributed by atoms with Gasteiger partial charge in [0.15, 0.2) is 6.66 Å². The lowest BCUT2D eigenvalue weighted by molar-refractivity contribution is 0.0479. The van der Waals surface area contributed by atoms with E-state index < -0.39 is 13.5 Å². The first kappa shape index (κ1) is 24.7. The SMILES string of the molecule is C[P+](=O)n1cnc2cc(N3CCOCC3)cc(OC3CCC(N4C(=O)c5ccccc5C4=O)CC3)c2c1=O. The molecule has 38 heavy (non-hydrogen) atoms. The van der Waals surface area contributed by atoms with Crippen molar-refractivity contribution in [1.82, 2.24) is 14.2 Å². The summed E-state index contributed by atoms with van der Waals surface area (Å²) >= 11 is 0. The van der Waals surface area contributed by atoms with Crippen molar-refractivity contribution in [3.8, 4) is 5.75 Å². The first-order valence-electron chi connectivity index (χ1n) is 12.8. The third-order valence-corrected chi connectivity index (χ3v) is 8.49. The van der Waals surface area contributed by atoms with Gasteiger partial charge in [0.05, 0.1) is 36.0 Å². The van der Waals surface area contributed by atoms with Crippen LogP contribution in [0.3, 0.4) is 0 Å². The summed E-state index contributed by atoms with van der Waals surface area (Å²) in [5.74, 6) is -0.0594. The monoisotopic (exact) mass is 535 g/mol. The van der Waals surface area contributed by atoms with Crippen LogP contribution in [0.15, 0.2) is 47.5 Å². The number of ether oxygens (including phenoxy) is 2. The van der Waals surface area contributed by atoms with Crippen LogP contribution < -0.4 is 15.2 Å². The molecule has 6 rings (SSSR count). The summed E-state index contributed by atoms with van der Waals surface area (Å²) in [6.07, 6.45) is 3.59. The Bertz CT molecular complexity index is 1470. The number of fused-ring (bicyclic) bond motifs is 2. The average molecular weight is 536 g/mol. The minimum atomic E-state index is -1.94. The number of imide groups is 1. The topological polar surface area (TPSA) is 111 Å². The summed E-state index contributed by atoms with van der Waals surface area (Å²) < 4.78 is 25.2. The van der Waals surface area contributed by atoms with Gasteiger partial charge in [-0.3, -0.25) is 19.3 Å². The normalized spacial score (nSPS) is 22.1. The zero-order valence-corrected chi connectivity index (χ0v) is 21.9. The second kappa shape index (κ2) is 9.93. The fraction of sp³-hybridized carbons (Fsp3) is 0.407. The Morgan fingerprint density at radius 3 is 2.26 bits per heavy atom. The minimum absolute atomic E-state index is 0.193. The second-order valence-corrected chi connectivity index (χ2v) is 11.2. The molecule has 0 bridgehead atoms. The number of amides is 2. The first-order chi connectivity index (χ1) is 18.4. The molecule has 2 amide bonds. The highest BCUT2D eigenvalue weighted by Crippen LogP contribution is 2.35. The summed E-state index contributed by atoms with van der Waals surface area (Å²) in [6, 6.07) is 10.5. The third-order valence-electron chi connectivity index (χ3n) is 7.60. The standard InChI is InChI=1S/C27H28N4O6P/c1-38(35)30-16-28-22-14-18(29-10-12-36-13-11-29)15-23(24(22)27(30)34)37-19-8-6-17(7-9-19)31-25(32)20-4-2-3-5-21(20)26(31)33/h2-5,14-17,19H,6-13H2,1H3/q+1. The van der Waals surface area contributed by atoms with E-state index >= 15 is 0 Å². The van der Waals surface area contributed by atoms with Gasteiger partial charge in [-0.05, 0) is 48.4 Å². The highest BCUT2D eigenvalue weighted by molar-refractivity contribution is 7.41. The molecular formula is C27H28N4O6P+. The molecule has 2 fully saturated rings. The maximum absolute atomic E-state index is 13.3. The Balaban J connectivity index is 1.26. The number of hydrogen-bond donors (Lipinski definition) is 0. The predicted octanol–water partition coefficient (Wildman–Crippen LogP) is 3.44. The van der Waals surface area contributed by atoms with Crippen molar-refractivity contribution >= 4 is 36.4 Å². The average Bonchev–Trinajstić information content (AvgIpc) is 3.19. The van der Waals surface area contributed by atoms with Gasteiger partial charge in [0.1, 0.15) is 17.5 Å². The van der Waals surface area contributed by atoms with Crippen molar-refractivity contribution < 1.29 is 23.6 Å². The van der Waals surface area contributed by atoms with Gasteiger partial charge in [-0.15, -0.1) is 0 Å². The number of rotatable bonds is 5. The van der Waals surface area contributed by atoms with Crippen molar-refractivity contribution in [3.63, 3.8) is 0 Å². The molecule has 0 radical (unpaired) electrons. The molecule has 1 unspecified atom stereocenters. The van der Waals surface area contributed by atoms with Crippen LogP contribution in [0.25, 0.3) is 10.9 Å². The Morgan fingerprint density at radius 1 is 0.974 bits per heavy atom. The molecule has 0 spiro atoms. The van der Waals surface area contributed by atoms with Crippen LogP contribution in [0, 0.1) is 0 Å². The van der Waals surface area contributed by atoms with Gasteiger partial charge in [0.25, 0.3) is 11.8 Å². The summed E-state index contributed by atoms with van der Waals surface area (Å²) in [7, 11) is -1.94. The summed E-state index contributed by atoms with van der Waals surface area (Å²) in [5, 5.41) is 0.303. The minimum Gasteiger partial charge on any atom is -0.489 e. The van der Waals surface area contributed by atoms with Crippen molar-refractivity contribution in [2.24, 2.45) is 0 Å². The number of morpholine rings is 1. The van der Waals surface area contributed by atoms with Crippen molar-refractivity contribution in [1.29, 1.82) is 0 Å². The van der Waals surface area contributed by atoms with Crippen molar-refractivity contribution in [2.75, 3.05) is 37.9 Å². The van der Waals surface area contributed by atoms with Crippen LogP contribution in [0.1, 0.15) is 46.4 Å². The van der Waals surface area contributed by atoms with E-state index in [2.05, 4.69) is 9.88 Å². The summed E-state index contributed by atoms with van der Waals surface area (Å²) in [5.41, 5.74) is 1.89. The predicted molar refractivity (Wildman–Crippen MR) is 142 cm³/mol. The molecule has 3 aromatic rings. The van der Waals surface area contributed by atoms with Crippen LogP contribution in [-0.4, -0.2) is 71.1 Å². The quantitative estimate of drug-likeness (QED) is 0.361. The zero-order chi connectivity index (χ0) is 26.4. The molecule has 0 N–H and O–H groups in total. The Morgan fingerprint density at radius 2 is 1.63 bits per heavy atom. The lowest BCUT2D eigenvalue weighted by atomic mass is 9.91. The largest absolute Gasteiger partial charge is 0.489 e. The highest BCUT2D eigenvalue weighted by Gasteiger charge is 2.41. The maximum atomic E-state index is 13.3. The maximum Gasteiger partial charge on any atom is 0.467 e.